The molecule has 0 spiro atoms. The summed E-state index contributed by atoms with van der Waals surface area (Å²) in [6.45, 7) is -0.444. The van der Waals surface area contributed by atoms with Gasteiger partial charge in [0.25, 0.3) is 0 Å². The lowest BCUT2D eigenvalue weighted by molar-refractivity contribution is -0.138. The van der Waals surface area contributed by atoms with Gasteiger partial charge in [0, 0.05) is 38.9 Å². The van der Waals surface area contributed by atoms with E-state index >= 15 is 0 Å². The summed E-state index contributed by atoms with van der Waals surface area (Å²) >= 11 is 0. The topological polar surface area (TPSA) is 306 Å². The van der Waals surface area contributed by atoms with E-state index < -0.39 is 78.8 Å². The molecule has 4 rings (SSSR count). The van der Waals surface area contributed by atoms with Crippen molar-refractivity contribution in [3.8, 4) is 0 Å². The van der Waals surface area contributed by atoms with Crippen LogP contribution in [0.2, 0.25) is 0 Å². The van der Waals surface area contributed by atoms with Crippen LogP contribution in [-0.4, -0.2) is 127 Å². The Hall–Kier alpha value is -6.86. The normalized spacial score (nSPS) is 14.6. The monoisotopic (exact) mass is 883 g/mol. The van der Waals surface area contributed by atoms with Crippen LogP contribution >= 0.6 is 0 Å². The molecule has 344 valence electrons. The van der Waals surface area contributed by atoms with Crippen molar-refractivity contribution in [2.75, 3.05) is 39.3 Å². The van der Waals surface area contributed by atoms with E-state index in [-0.39, 0.29) is 57.1 Å². The summed E-state index contributed by atoms with van der Waals surface area (Å²) in [7, 11) is 0. The summed E-state index contributed by atoms with van der Waals surface area (Å²) in [5.41, 5.74) is 18.5. The maximum Gasteiger partial charge on any atom is 0.245 e. The number of carbonyl (C=O) groups is 7. The van der Waals surface area contributed by atoms with Gasteiger partial charge in [-0.05, 0) is 48.8 Å². The number of hydrogen-bond donors (Lipinski definition) is 10. The van der Waals surface area contributed by atoms with Crippen LogP contribution in [0.15, 0.2) is 96.0 Å². The van der Waals surface area contributed by atoms with Gasteiger partial charge in [0.1, 0.15) is 30.2 Å². The van der Waals surface area contributed by atoms with Crippen molar-refractivity contribution in [1.82, 2.24) is 36.8 Å². The van der Waals surface area contributed by atoms with E-state index in [9.17, 15) is 38.7 Å². The van der Waals surface area contributed by atoms with Crippen LogP contribution in [0, 0.1) is 0 Å². The Morgan fingerprint density at radius 1 is 0.578 bits per heavy atom. The van der Waals surface area contributed by atoms with Crippen LogP contribution in [0.3, 0.4) is 0 Å². The number of benzene rings is 3. The van der Waals surface area contributed by atoms with Crippen molar-refractivity contribution in [3.63, 3.8) is 0 Å². The van der Waals surface area contributed by atoms with Gasteiger partial charge in [-0.2, -0.15) is 0 Å². The standard InChI is InChI=1S/C45H61N11O8/c46-27-38(58)50-28-39(59)51-34(24-30-14-5-1-6-15-30)41(61)55-37(29-57)43(63)53-35(25-31-16-7-2-8-17-31)42(62)52-33(20-13-21-49-45(47)48)40(60)54-36(26-32-18-9-3-10-19-32)44(64)56-22-11-4-12-23-56/h1-3,5-10,14-19,33-37,57H,4,11-13,20-29,46H2,(H,50,58)(H,51,59)(H,52,62)(H,53,63)(H,54,60)(H,55,61)(H4,47,48,49)/t33-,34-,35-,36-,37-/m0/s1. The molecule has 64 heavy (non-hydrogen) atoms. The number of hydrogen-bond acceptors (Lipinski definition) is 10. The lowest BCUT2D eigenvalue weighted by Crippen LogP contribution is -2.60. The van der Waals surface area contributed by atoms with Gasteiger partial charge < -0.3 is 59.1 Å². The number of nitrogens with zero attached hydrogens (tertiary/aromatic N) is 2. The van der Waals surface area contributed by atoms with Crippen LogP contribution in [0.4, 0.5) is 0 Å². The highest BCUT2D eigenvalue weighted by Crippen LogP contribution is 2.14. The highest BCUT2D eigenvalue weighted by Gasteiger charge is 2.34. The van der Waals surface area contributed by atoms with E-state index in [0.717, 1.165) is 24.8 Å². The first-order valence-corrected chi connectivity index (χ1v) is 21.4. The molecule has 1 saturated heterocycles. The number of guanidine groups is 1. The molecule has 13 N–H and O–H groups in total. The number of aliphatic hydroxyl groups excluding tert-OH is 1. The van der Waals surface area contributed by atoms with Crippen molar-refractivity contribution in [2.24, 2.45) is 22.2 Å². The summed E-state index contributed by atoms with van der Waals surface area (Å²) in [6, 6.07) is 20.4. The Morgan fingerprint density at radius 2 is 1.02 bits per heavy atom. The van der Waals surface area contributed by atoms with Crippen molar-refractivity contribution in [1.29, 1.82) is 0 Å². The number of nitrogens with one attached hydrogen (secondary N) is 6. The van der Waals surface area contributed by atoms with E-state index in [2.05, 4.69) is 36.9 Å². The molecule has 3 aromatic carbocycles. The second-order valence-corrected chi connectivity index (χ2v) is 15.4. The van der Waals surface area contributed by atoms with E-state index in [1.165, 1.54) is 0 Å². The van der Waals surface area contributed by atoms with Gasteiger partial charge in [-0.3, -0.25) is 38.6 Å². The third-order valence-electron chi connectivity index (χ3n) is 10.4. The fourth-order valence-corrected chi connectivity index (χ4v) is 7.05. The maximum atomic E-state index is 14.3. The molecule has 19 nitrogen and oxygen atoms in total. The first-order chi connectivity index (χ1) is 30.9. The molecule has 0 saturated carbocycles. The fourth-order valence-electron chi connectivity index (χ4n) is 7.05. The first kappa shape index (κ1) is 49.8. The van der Waals surface area contributed by atoms with E-state index in [4.69, 9.17) is 17.2 Å². The molecule has 0 aromatic heterocycles. The lowest BCUT2D eigenvalue weighted by Gasteiger charge is -2.32. The Balaban J connectivity index is 1.56. The number of aliphatic hydroxyl groups is 1. The Morgan fingerprint density at radius 3 is 1.52 bits per heavy atom. The summed E-state index contributed by atoms with van der Waals surface area (Å²) in [6.07, 6.45) is 3.14. The minimum absolute atomic E-state index is 0.00940. The van der Waals surface area contributed by atoms with Gasteiger partial charge in [0.15, 0.2) is 5.96 Å². The second-order valence-electron chi connectivity index (χ2n) is 15.4. The highest BCUT2D eigenvalue weighted by molar-refractivity contribution is 5.97. The first-order valence-electron chi connectivity index (χ1n) is 21.4. The van der Waals surface area contributed by atoms with Crippen LogP contribution in [0.1, 0.15) is 48.8 Å². The van der Waals surface area contributed by atoms with Crippen molar-refractivity contribution < 1.29 is 38.7 Å². The SMILES string of the molecule is NCC(=O)NCC(=O)N[C@@H](Cc1ccccc1)C(=O)N[C@@H](CO)C(=O)N[C@@H](Cc1ccccc1)C(=O)N[C@@H](CCCN=C(N)N)C(=O)N[C@@H](Cc1ccccc1)C(=O)N1CCCCC1. The van der Waals surface area contributed by atoms with Crippen molar-refractivity contribution in [3.05, 3.63) is 108 Å². The smallest absolute Gasteiger partial charge is 0.245 e. The minimum atomic E-state index is -1.59. The van der Waals surface area contributed by atoms with Crippen LogP contribution in [-0.2, 0) is 52.8 Å². The Bertz CT molecular complexity index is 2010. The zero-order valence-corrected chi connectivity index (χ0v) is 35.9. The maximum absolute atomic E-state index is 14.3. The Kier molecular flexibility index (Phi) is 20.7. The molecule has 5 atom stereocenters. The molecule has 1 heterocycles. The van der Waals surface area contributed by atoms with Gasteiger partial charge >= 0.3 is 0 Å². The number of carbonyl (C=O) groups excluding carboxylic acids is 7. The molecule has 0 unspecified atom stereocenters. The van der Waals surface area contributed by atoms with Crippen LogP contribution in [0.25, 0.3) is 0 Å². The molecule has 1 aliphatic heterocycles. The Labute approximate surface area is 372 Å². The van der Waals surface area contributed by atoms with Gasteiger partial charge in [0.05, 0.1) is 19.7 Å². The molecule has 7 amide bonds. The molecular formula is C45H61N11O8. The third-order valence-corrected chi connectivity index (χ3v) is 10.4. The van der Waals surface area contributed by atoms with Crippen LogP contribution in [0.5, 0.6) is 0 Å². The van der Waals surface area contributed by atoms with E-state index in [1.807, 2.05) is 30.3 Å². The number of amides is 7. The largest absolute Gasteiger partial charge is 0.394 e. The molecule has 0 aliphatic carbocycles. The number of piperidine rings is 1. The molecule has 0 radical (unpaired) electrons. The number of nitrogens with two attached hydrogens (primary N) is 3. The second kappa shape index (κ2) is 26.6. The lowest BCUT2D eigenvalue weighted by atomic mass is 10.0. The summed E-state index contributed by atoms with van der Waals surface area (Å²) in [5.74, 6) is -4.85. The van der Waals surface area contributed by atoms with Crippen molar-refractivity contribution in [2.45, 2.75) is 81.6 Å². The zero-order chi connectivity index (χ0) is 46.3. The third kappa shape index (κ3) is 17.1. The highest BCUT2D eigenvalue weighted by atomic mass is 16.3. The predicted molar refractivity (Wildman–Crippen MR) is 240 cm³/mol. The summed E-state index contributed by atoms with van der Waals surface area (Å²) < 4.78 is 0. The number of likely N-dealkylation sites (tertiary alicyclic amines) is 1. The minimum Gasteiger partial charge on any atom is -0.394 e. The van der Waals surface area contributed by atoms with E-state index in [1.54, 1.807) is 65.6 Å². The molecule has 0 bridgehead atoms. The number of rotatable bonds is 24. The van der Waals surface area contributed by atoms with Gasteiger partial charge in [-0.25, -0.2) is 0 Å². The average Bonchev–Trinajstić information content (AvgIpc) is 3.30. The zero-order valence-electron chi connectivity index (χ0n) is 35.9. The quantitative estimate of drug-likeness (QED) is 0.0274. The fraction of sp³-hybridized carbons (Fsp3) is 0.422. The van der Waals surface area contributed by atoms with Crippen LogP contribution < -0.4 is 49.1 Å². The predicted octanol–water partition coefficient (Wildman–Crippen LogP) is -1.73. The summed E-state index contributed by atoms with van der Waals surface area (Å²) in [4.78, 5) is 100. The average molecular weight is 884 g/mol. The number of aliphatic imine (C=N–C) groups is 1. The van der Waals surface area contributed by atoms with Gasteiger partial charge in [-0.15, -0.1) is 0 Å². The summed E-state index contributed by atoms with van der Waals surface area (Å²) in [5, 5.41) is 26.0. The molecular weight excluding hydrogens is 823 g/mol. The molecule has 1 fully saturated rings. The molecule has 19 heteroatoms. The van der Waals surface area contributed by atoms with Gasteiger partial charge in [0.2, 0.25) is 41.4 Å². The van der Waals surface area contributed by atoms with E-state index in [0.29, 0.717) is 24.2 Å². The molecule has 3 aromatic rings. The molecule has 1 aliphatic rings. The van der Waals surface area contributed by atoms with Crippen molar-refractivity contribution >= 4 is 47.3 Å². The van der Waals surface area contributed by atoms with Gasteiger partial charge in [-0.1, -0.05) is 91.0 Å².